The van der Waals surface area contributed by atoms with Gasteiger partial charge in [-0.2, -0.15) is 0 Å². The van der Waals surface area contributed by atoms with Crippen molar-refractivity contribution in [3.8, 4) is 0 Å². The molecule has 0 amide bonds. The van der Waals surface area contributed by atoms with Crippen LogP contribution in [0.3, 0.4) is 0 Å². The van der Waals surface area contributed by atoms with Crippen molar-refractivity contribution in [1.29, 1.82) is 0 Å². The monoisotopic (exact) mass is 221 g/mol. The lowest BCUT2D eigenvalue weighted by molar-refractivity contribution is -0.00901. The third-order valence-corrected chi connectivity index (χ3v) is 2.65. The van der Waals surface area contributed by atoms with Gasteiger partial charge in [0.25, 0.3) is 0 Å². The predicted molar refractivity (Wildman–Crippen MR) is 68.4 cm³/mol. The SMILES string of the molecule is CCC(N)C(OC(C)C)c1cccc(C)c1. The van der Waals surface area contributed by atoms with Crippen molar-refractivity contribution in [3.05, 3.63) is 35.4 Å². The van der Waals surface area contributed by atoms with E-state index in [9.17, 15) is 0 Å². The Morgan fingerprint density at radius 3 is 2.50 bits per heavy atom. The van der Waals surface area contributed by atoms with Gasteiger partial charge in [0.15, 0.2) is 0 Å². The maximum Gasteiger partial charge on any atom is 0.0979 e. The van der Waals surface area contributed by atoms with Crippen LogP contribution >= 0.6 is 0 Å². The minimum Gasteiger partial charge on any atom is -0.369 e. The molecule has 0 saturated carbocycles. The van der Waals surface area contributed by atoms with E-state index in [0.717, 1.165) is 6.42 Å². The third kappa shape index (κ3) is 3.62. The summed E-state index contributed by atoms with van der Waals surface area (Å²) >= 11 is 0. The van der Waals surface area contributed by atoms with Gasteiger partial charge in [-0.3, -0.25) is 0 Å². The Labute approximate surface area is 98.8 Å². The fraction of sp³-hybridized carbons (Fsp3) is 0.571. The number of hydrogen-bond donors (Lipinski definition) is 1. The minimum absolute atomic E-state index is 0.00454. The van der Waals surface area contributed by atoms with Crippen molar-refractivity contribution in [3.63, 3.8) is 0 Å². The second kappa shape index (κ2) is 6.02. The molecule has 1 rings (SSSR count). The molecule has 0 spiro atoms. The second-order valence-corrected chi connectivity index (χ2v) is 4.59. The Kier molecular flexibility index (Phi) is 4.97. The Bertz CT molecular complexity index is 322. The average molecular weight is 221 g/mol. The van der Waals surface area contributed by atoms with Crippen molar-refractivity contribution in [2.75, 3.05) is 0 Å². The molecule has 2 heteroatoms. The molecule has 2 atom stereocenters. The summed E-state index contributed by atoms with van der Waals surface area (Å²) < 4.78 is 5.92. The van der Waals surface area contributed by atoms with Crippen LogP contribution in [0.5, 0.6) is 0 Å². The molecule has 1 aromatic carbocycles. The largest absolute Gasteiger partial charge is 0.369 e. The highest BCUT2D eigenvalue weighted by molar-refractivity contribution is 5.25. The van der Waals surface area contributed by atoms with Gasteiger partial charge in [0.05, 0.1) is 12.2 Å². The molecular weight excluding hydrogens is 198 g/mol. The summed E-state index contributed by atoms with van der Waals surface area (Å²) in [6.07, 6.45) is 1.12. The number of ether oxygens (including phenoxy) is 1. The fourth-order valence-electron chi connectivity index (χ4n) is 1.78. The van der Waals surface area contributed by atoms with Crippen LogP contribution in [0.2, 0.25) is 0 Å². The second-order valence-electron chi connectivity index (χ2n) is 4.59. The van der Waals surface area contributed by atoms with Gasteiger partial charge in [0.1, 0.15) is 0 Å². The first-order valence-electron chi connectivity index (χ1n) is 6.02. The predicted octanol–water partition coefficient (Wildman–Crippen LogP) is 3.20. The maximum atomic E-state index is 6.12. The first-order chi connectivity index (χ1) is 7.54. The fourth-order valence-corrected chi connectivity index (χ4v) is 1.78. The third-order valence-electron chi connectivity index (χ3n) is 2.65. The summed E-state index contributed by atoms with van der Waals surface area (Å²) in [5.74, 6) is 0. The molecule has 1 aromatic rings. The smallest absolute Gasteiger partial charge is 0.0979 e. The van der Waals surface area contributed by atoms with Gasteiger partial charge >= 0.3 is 0 Å². The molecule has 2 N–H and O–H groups in total. The van der Waals surface area contributed by atoms with E-state index in [4.69, 9.17) is 10.5 Å². The number of nitrogens with two attached hydrogens (primary N) is 1. The van der Waals surface area contributed by atoms with Crippen molar-refractivity contribution in [2.45, 2.75) is 52.4 Å². The highest BCUT2D eigenvalue weighted by Crippen LogP contribution is 2.24. The van der Waals surface area contributed by atoms with Gasteiger partial charge in [-0.15, -0.1) is 0 Å². The summed E-state index contributed by atoms with van der Waals surface area (Å²) in [5.41, 5.74) is 8.55. The lowest BCUT2D eigenvalue weighted by atomic mass is 9.99. The van der Waals surface area contributed by atoms with E-state index in [-0.39, 0.29) is 18.2 Å². The summed E-state index contributed by atoms with van der Waals surface area (Å²) in [5, 5.41) is 0. The van der Waals surface area contributed by atoms with Crippen molar-refractivity contribution in [2.24, 2.45) is 5.73 Å². The van der Waals surface area contributed by atoms with E-state index in [1.54, 1.807) is 0 Å². The molecule has 0 radical (unpaired) electrons. The number of hydrogen-bond acceptors (Lipinski definition) is 2. The highest BCUT2D eigenvalue weighted by atomic mass is 16.5. The lowest BCUT2D eigenvalue weighted by Crippen LogP contribution is -2.31. The Hall–Kier alpha value is -0.860. The molecule has 0 aliphatic rings. The van der Waals surface area contributed by atoms with Crippen LogP contribution in [0, 0.1) is 6.92 Å². The summed E-state index contributed by atoms with van der Waals surface area (Å²) in [6.45, 7) is 8.28. The maximum absolute atomic E-state index is 6.12. The molecule has 90 valence electrons. The normalized spacial score (nSPS) is 15.1. The zero-order valence-electron chi connectivity index (χ0n) is 10.7. The quantitative estimate of drug-likeness (QED) is 0.828. The standard InChI is InChI=1S/C14H23NO/c1-5-13(15)14(16-10(2)3)12-8-6-7-11(4)9-12/h6-10,13-14H,5,15H2,1-4H3. The average Bonchev–Trinajstić information content (AvgIpc) is 2.24. The van der Waals surface area contributed by atoms with Crippen molar-refractivity contribution >= 4 is 0 Å². The topological polar surface area (TPSA) is 35.2 Å². The van der Waals surface area contributed by atoms with Gasteiger partial charge in [0.2, 0.25) is 0 Å². The molecule has 0 heterocycles. The molecule has 16 heavy (non-hydrogen) atoms. The van der Waals surface area contributed by atoms with Gasteiger partial charge in [-0.1, -0.05) is 36.8 Å². The minimum atomic E-state index is 0.00454. The Morgan fingerprint density at radius 1 is 1.31 bits per heavy atom. The lowest BCUT2D eigenvalue weighted by Gasteiger charge is -2.26. The van der Waals surface area contributed by atoms with Crippen LogP contribution in [0.15, 0.2) is 24.3 Å². The van der Waals surface area contributed by atoms with E-state index in [1.165, 1.54) is 11.1 Å². The van der Waals surface area contributed by atoms with Crippen LogP contribution in [0.1, 0.15) is 44.4 Å². The Morgan fingerprint density at radius 2 is 2.00 bits per heavy atom. The molecule has 0 aliphatic heterocycles. The number of rotatable bonds is 5. The van der Waals surface area contributed by atoms with Gasteiger partial charge in [0, 0.05) is 6.04 Å². The van der Waals surface area contributed by atoms with E-state index in [2.05, 4.69) is 38.1 Å². The number of benzene rings is 1. The molecule has 0 aliphatic carbocycles. The van der Waals surface area contributed by atoms with Crippen molar-refractivity contribution < 1.29 is 4.74 Å². The first-order valence-corrected chi connectivity index (χ1v) is 6.02. The van der Waals surface area contributed by atoms with E-state index >= 15 is 0 Å². The van der Waals surface area contributed by atoms with Crippen LogP contribution in [0.4, 0.5) is 0 Å². The van der Waals surface area contributed by atoms with E-state index in [1.807, 2.05) is 13.8 Å². The van der Waals surface area contributed by atoms with E-state index < -0.39 is 0 Å². The van der Waals surface area contributed by atoms with Crippen LogP contribution in [-0.2, 0) is 4.74 Å². The van der Waals surface area contributed by atoms with Crippen molar-refractivity contribution in [1.82, 2.24) is 0 Å². The van der Waals surface area contributed by atoms with Gasteiger partial charge < -0.3 is 10.5 Å². The van der Waals surface area contributed by atoms with Crippen LogP contribution in [0.25, 0.3) is 0 Å². The molecule has 0 fully saturated rings. The Balaban J connectivity index is 2.91. The zero-order valence-corrected chi connectivity index (χ0v) is 10.7. The summed E-state index contributed by atoms with van der Waals surface area (Å²) in [6, 6.07) is 8.46. The zero-order chi connectivity index (χ0) is 12.1. The molecule has 0 saturated heterocycles. The van der Waals surface area contributed by atoms with Crippen LogP contribution < -0.4 is 5.73 Å². The molecule has 0 aromatic heterocycles. The first kappa shape index (κ1) is 13.2. The molecule has 2 unspecified atom stereocenters. The molecule has 0 bridgehead atoms. The highest BCUT2D eigenvalue weighted by Gasteiger charge is 2.20. The van der Waals surface area contributed by atoms with Gasteiger partial charge in [-0.05, 0) is 32.8 Å². The number of aryl methyl sites for hydroxylation is 1. The summed E-state index contributed by atoms with van der Waals surface area (Å²) in [7, 11) is 0. The summed E-state index contributed by atoms with van der Waals surface area (Å²) in [4.78, 5) is 0. The van der Waals surface area contributed by atoms with Gasteiger partial charge in [-0.25, -0.2) is 0 Å². The molecular formula is C14H23NO. The van der Waals surface area contributed by atoms with E-state index in [0.29, 0.717) is 0 Å². The molecule has 2 nitrogen and oxygen atoms in total. The van der Waals surface area contributed by atoms with Crippen LogP contribution in [-0.4, -0.2) is 12.1 Å².